The van der Waals surface area contributed by atoms with Gasteiger partial charge in [-0.25, -0.2) is 0 Å². The second-order valence-corrected chi connectivity index (χ2v) is 6.40. The molecule has 4 nitrogen and oxygen atoms in total. The number of allylic oxidation sites excluding steroid dienone is 1. The molecule has 0 radical (unpaired) electrons. The summed E-state index contributed by atoms with van der Waals surface area (Å²) in [6, 6.07) is 15.2. The number of nitriles is 1. The highest BCUT2D eigenvalue weighted by Crippen LogP contribution is 2.23. The molecule has 0 heterocycles. The topological polar surface area (TPSA) is 67.2 Å². The highest BCUT2D eigenvalue weighted by Gasteiger charge is 2.18. The third kappa shape index (κ3) is 3.74. The van der Waals surface area contributed by atoms with E-state index in [9.17, 15) is 8.42 Å². The Hall–Kier alpha value is -2.58. The Kier molecular flexibility index (Phi) is 4.64. The number of hydrogen-bond donors (Lipinski definition) is 0. The van der Waals surface area contributed by atoms with Crippen molar-refractivity contribution < 1.29 is 12.6 Å². The Balaban J connectivity index is 2.36. The molecule has 0 saturated heterocycles. The van der Waals surface area contributed by atoms with Crippen molar-refractivity contribution in [1.29, 1.82) is 5.26 Å². The molecule has 2 rings (SSSR count). The fourth-order valence-corrected chi connectivity index (χ4v) is 2.75. The van der Waals surface area contributed by atoms with Crippen molar-refractivity contribution in [2.24, 2.45) is 0 Å². The normalized spacial score (nSPS) is 11.8. The first-order valence-electron chi connectivity index (χ1n) is 6.60. The van der Waals surface area contributed by atoms with Gasteiger partial charge in [0.25, 0.3) is 0 Å². The van der Waals surface area contributed by atoms with Crippen molar-refractivity contribution in [3.63, 3.8) is 0 Å². The van der Waals surface area contributed by atoms with Crippen LogP contribution < -0.4 is 0 Å². The number of hydrogen-bond acceptors (Lipinski definition) is 4. The van der Waals surface area contributed by atoms with Gasteiger partial charge in [-0.1, -0.05) is 47.5 Å². The Labute approximate surface area is 130 Å². The first kappa shape index (κ1) is 15.8. The summed E-state index contributed by atoms with van der Waals surface area (Å²) in [4.78, 5) is 0.0500. The van der Waals surface area contributed by atoms with Crippen LogP contribution in [0.4, 0.5) is 0 Å². The molecule has 0 aliphatic carbocycles. The lowest BCUT2D eigenvalue weighted by Gasteiger charge is -2.10. The van der Waals surface area contributed by atoms with Crippen LogP contribution in [-0.4, -0.2) is 8.42 Å². The molecule has 0 aromatic heterocycles. The Bertz CT molecular complexity index is 827. The molecular formula is C17H15NO3S. The summed E-state index contributed by atoms with van der Waals surface area (Å²) in [7, 11) is -3.98. The van der Waals surface area contributed by atoms with E-state index in [-0.39, 0.29) is 10.7 Å². The molecular weight excluding hydrogens is 298 g/mol. The molecule has 0 N–H and O–H groups in total. The molecule has 0 aliphatic rings. The van der Waals surface area contributed by atoms with E-state index < -0.39 is 10.1 Å². The quantitative estimate of drug-likeness (QED) is 0.491. The van der Waals surface area contributed by atoms with Crippen molar-refractivity contribution in [1.82, 2.24) is 0 Å². The first-order chi connectivity index (χ1) is 10.4. The van der Waals surface area contributed by atoms with Gasteiger partial charge in [-0.3, -0.25) is 0 Å². The van der Waals surface area contributed by atoms with E-state index in [1.165, 1.54) is 12.1 Å². The zero-order valence-electron chi connectivity index (χ0n) is 12.3. The van der Waals surface area contributed by atoms with E-state index in [1.54, 1.807) is 24.3 Å². The maximum atomic E-state index is 12.3. The molecule has 0 unspecified atom stereocenters. The number of rotatable bonds is 4. The maximum Gasteiger partial charge on any atom is 0.339 e. The number of aryl methyl sites for hydroxylation is 2. The summed E-state index contributed by atoms with van der Waals surface area (Å²) in [5, 5.41) is 8.86. The summed E-state index contributed by atoms with van der Waals surface area (Å²) in [5.74, 6) is 0.00285. The standard InChI is InChI=1S/C17H15NO3S/c1-13-3-7-15(8-4-13)17(11-12-18)21-22(19,20)16-9-5-14(2)6-10-16/h3-11H,1-2H3. The largest absolute Gasteiger partial charge is 0.378 e. The van der Waals surface area contributed by atoms with Gasteiger partial charge in [0.1, 0.15) is 4.90 Å². The molecule has 5 heteroatoms. The molecule has 0 fully saturated rings. The summed E-state index contributed by atoms with van der Waals surface area (Å²) in [6.07, 6.45) is 1.08. The molecule has 0 spiro atoms. The molecule has 2 aromatic carbocycles. The van der Waals surface area contributed by atoms with Crippen molar-refractivity contribution in [3.05, 3.63) is 71.3 Å². The average molecular weight is 313 g/mol. The van der Waals surface area contributed by atoms with Gasteiger partial charge < -0.3 is 4.18 Å². The van der Waals surface area contributed by atoms with E-state index >= 15 is 0 Å². The van der Waals surface area contributed by atoms with Crippen LogP contribution in [0.1, 0.15) is 16.7 Å². The third-order valence-electron chi connectivity index (χ3n) is 3.04. The molecule has 0 aliphatic heterocycles. The Morgan fingerprint density at radius 1 is 1.00 bits per heavy atom. The highest BCUT2D eigenvalue weighted by molar-refractivity contribution is 7.87. The number of nitrogens with zero attached hydrogens (tertiary/aromatic N) is 1. The van der Waals surface area contributed by atoms with Crippen LogP contribution in [0.2, 0.25) is 0 Å². The summed E-state index contributed by atoms with van der Waals surface area (Å²) >= 11 is 0. The number of benzene rings is 2. The highest BCUT2D eigenvalue weighted by atomic mass is 32.2. The van der Waals surface area contributed by atoms with Crippen LogP contribution in [0.5, 0.6) is 0 Å². The summed E-state index contributed by atoms with van der Waals surface area (Å²) in [6.45, 7) is 3.78. The summed E-state index contributed by atoms with van der Waals surface area (Å²) in [5.41, 5.74) is 2.51. The van der Waals surface area contributed by atoms with E-state index in [4.69, 9.17) is 9.44 Å². The van der Waals surface area contributed by atoms with Crippen molar-refractivity contribution in [2.45, 2.75) is 18.7 Å². The van der Waals surface area contributed by atoms with Crippen molar-refractivity contribution in [2.75, 3.05) is 0 Å². The van der Waals surface area contributed by atoms with Gasteiger partial charge in [-0.15, -0.1) is 0 Å². The van der Waals surface area contributed by atoms with Crippen LogP contribution in [0.3, 0.4) is 0 Å². The second-order valence-electron chi connectivity index (χ2n) is 4.85. The van der Waals surface area contributed by atoms with Gasteiger partial charge in [-0.2, -0.15) is 13.7 Å². The molecule has 22 heavy (non-hydrogen) atoms. The third-order valence-corrected chi connectivity index (χ3v) is 4.29. The van der Waals surface area contributed by atoms with Crippen LogP contribution >= 0.6 is 0 Å². The van der Waals surface area contributed by atoms with Crippen LogP contribution in [0, 0.1) is 25.2 Å². The monoisotopic (exact) mass is 313 g/mol. The van der Waals surface area contributed by atoms with Gasteiger partial charge in [0.2, 0.25) is 0 Å². The van der Waals surface area contributed by atoms with Gasteiger partial charge in [0.05, 0.1) is 12.1 Å². The fraction of sp³-hybridized carbons (Fsp3) is 0.118. The first-order valence-corrected chi connectivity index (χ1v) is 8.01. The lowest BCUT2D eigenvalue weighted by atomic mass is 10.1. The SMILES string of the molecule is Cc1ccc(C(=CC#N)OS(=O)(=O)c2ccc(C)cc2)cc1. The van der Waals surface area contributed by atoms with E-state index in [2.05, 4.69) is 0 Å². The molecule has 2 aromatic rings. The van der Waals surface area contributed by atoms with Gasteiger partial charge in [-0.05, 0) is 26.0 Å². The van der Waals surface area contributed by atoms with Gasteiger partial charge >= 0.3 is 10.1 Å². The van der Waals surface area contributed by atoms with E-state index in [0.717, 1.165) is 17.2 Å². The molecule has 0 saturated carbocycles. The molecule has 0 amide bonds. The molecule has 0 bridgehead atoms. The Morgan fingerprint density at radius 2 is 1.50 bits per heavy atom. The minimum Gasteiger partial charge on any atom is -0.378 e. The fourth-order valence-electron chi connectivity index (χ4n) is 1.80. The van der Waals surface area contributed by atoms with Crippen LogP contribution in [-0.2, 0) is 14.3 Å². The van der Waals surface area contributed by atoms with Gasteiger partial charge in [0.15, 0.2) is 5.76 Å². The molecule has 112 valence electrons. The molecule has 0 atom stereocenters. The smallest absolute Gasteiger partial charge is 0.339 e. The van der Waals surface area contributed by atoms with Crippen LogP contribution in [0.25, 0.3) is 5.76 Å². The van der Waals surface area contributed by atoms with E-state index in [1.807, 2.05) is 32.0 Å². The lowest BCUT2D eigenvalue weighted by Crippen LogP contribution is -2.06. The average Bonchev–Trinajstić information content (AvgIpc) is 2.48. The van der Waals surface area contributed by atoms with Gasteiger partial charge in [0, 0.05) is 5.56 Å². The Morgan fingerprint density at radius 3 is 2.00 bits per heavy atom. The van der Waals surface area contributed by atoms with Crippen molar-refractivity contribution >= 4 is 15.9 Å². The van der Waals surface area contributed by atoms with Crippen LogP contribution in [0.15, 0.2) is 59.5 Å². The minimum absolute atomic E-state index is 0.00285. The lowest BCUT2D eigenvalue weighted by molar-refractivity contribution is 0.463. The van der Waals surface area contributed by atoms with Crippen molar-refractivity contribution in [3.8, 4) is 6.07 Å². The summed E-state index contributed by atoms with van der Waals surface area (Å²) < 4.78 is 29.7. The second kappa shape index (κ2) is 6.46. The minimum atomic E-state index is -3.98. The zero-order chi connectivity index (χ0) is 16.2. The van der Waals surface area contributed by atoms with E-state index in [0.29, 0.717) is 5.56 Å². The maximum absolute atomic E-state index is 12.3. The predicted molar refractivity (Wildman–Crippen MR) is 84.2 cm³/mol. The predicted octanol–water partition coefficient (Wildman–Crippen LogP) is 3.57. The zero-order valence-corrected chi connectivity index (χ0v) is 13.1.